The Balaban J connectivity index is 1.19. The number of aryl methyl sites for hydroxylation is 1. The molecule has 0 aromatic heterocycles. The van der Waals surface area contributed by atoms with Crippen LogP contribution in [0.4, 0.5) is 16.2 Å². The molecule has 0 saturated heterocycles. The largest absolute Gasteiger partial charge is 0.493 e. The second kappa shape index (κ2) is 31.2. The number of Topliss-reactive ketones (excluding diaryl/α,β-unsaturated/α-hetero) is 2. The zero-order chi connectivity index (χ0) is 60.3. The third-order valence-corrected chi connectivity index (χ3v) is 20.0. The van der Waals surface area contributed by atoms with E-state index in [1.807, 2.05) is 47.0 Å². The normalized spacial score (nSPS) is 15.7. The minimum absolute atomic E-state index is 0.0182. The highest BCUT2D eigenvalue weighted by Gasteiger charge is 2.40. The van der Waals surface area contributed by atoms with Crippen LogP contribution in [0.3, 0.4) is 0 Å². The molecule has 0 aliphatic carbocycles. The fraction of sp³-hybridized carbons (Fsp3) is 0.556. The molecule has 3 aromatic carbocycles. The smallest absolute Gasteiger partial charge is 0.411 e. The van der Waals surface area contributed by atoms with Crippen LogP contribution in [0, 0.1) is 18.8 Å². The number of nitrogens with one attached hydrogen (secondary N) is 2. The van der Waals surface area contributed by atoms with Gasteiger partial charge in [0.25, 0.3) is 11.8 Å². The maximum atomic E-state index is 14.7. The Labute approximate surface area is 487 Å². The number of benzene rings is 3. The molecule has 18 nitrogen and oxygen atoms in total. The highest BCUT2D eigenvalue weighted by Crippen LogP contribution is 2.39. The Bertz CT molecular complexity index is 2750. The predicted octanol–water partition coefficient (Wildman–Crippen LogP) is 11.1. The molecule has 0 saturated carbocycles. The van der Waals surface area contributed by atoms with Gasteiger partial charge in [0.05, 0.1) is 76.2 Å². The van der Waals surface area contributed by atoms with Gasteiger partial charge in [0.2, 0.25) is 5.91 Å². The minimum atomic E-state index is -2.14. The van der Waals surface area contributed by atoms with Crippen LogP contribution in [0.25, 0.3) is 0 Å². The van der Waals surface area contributed by atoms with E-state index in [9.17, 15) is 28.8 Å². The molecule has 0 unspecified atom stereocenters. The number of anilines is 2. The van der Waals surface area contributed by atoms with Crippen molar-refractivity contribution in [1.29, 1.82) is 0 Å². The quantitative estimate of drug-likeness (QED) is 0.0301. The number of nitrogens with two attached hydrogens (primary N) is 1. The summed E-state index contributed by atoms with van der Waals surface area (Å²) in [7, 11) is 0.961. The SMILES string of the molecule is CC[C@@H]1CC(C)=CN1C(=O)c1cc(OC)c(OCCCCCOc2cc(NC(=O)OCc3ccc(CC(=O)CNC(=O)[C@@H](CC(=O)CCOCCOC)C(C)C)cc3)c(C(=O)N3C=C(C)C[C@H]3CO[Si](C)(C)C(C)(C)C)cc2C)cc1N. The summed E-state index contributed by atoms with van der Waals surface area (Å²) in [6, 6.07) is 13.6. The molecular weight excluding hydrogens is 1060 g/mol. The number of carbonyl (C=O) groups is 6. The van der Waals surface area contributed by atoms with Gasteiger partial charge in [-0.25, -0.2) is 4.79 Å². The molecule has 3 atom stereocenters. The molecular formula is C63H91N5O13Si. The monoisotopic (exact) mass is 1150 g/mol. The molecule has 82 heavy (non-hydrogen) atoms. The van der Waals surface area contributed by atoms with E-state index in [1.54, 1.807) is 65.4 Å². The number of ketones is 2. The molecule has 0 spiro atoms. The van der Waals surface area contributed by atoms with Crippen molar-refractivity contribution in [2.24, 2.45) is 11.8 Å². The lowest BCUT2D eigenvalue weighted by Gasteiger charge is -2.38. The van der Waals surface area contributed by atoms with Crippen molar-refractivity contribution < 1.29 is 61.6 Å². The second-order valence-electron chi connectivity index (χ2n) is 23.5. The van der Waals surface area contributed by atoms with Crippen molar-refractivity contribution in [2.75, 3.05) is 71.5 Å². The predicted molar refractivity (Wildman–Crippen MR) is 321 cm³/mol. The van der Waals surface area contributed by atoms with Gasteiger partial charge >= 0.3 is 6.09 Å². The maximum absolute atomic E-state index is 14.7. The maximum Gasteiger partial charge on any atom is 0.411 e. The van der Waals surface area contributed by atoms with Crippen molar-refractivity contribution in [1.82, 2.24) is 15.1 Å². The average Bonchev–Trinajstić information content (AvgIpc) is 3.89. The third-order valence-electron chi connectivity index (χ3n) is 15.5. The molecule has 0 fully saturated rings. The molecule has 2 heterocycles. The number of rotatable bonds is 32. The Hall–Kier alpha value is -6.54. The van der Waals surface area contributed by atoms with Crippen LogP contribution < -0.4 is 30.6 Å². The molecule has 3 aromatic rings. The van der Waals surface area contributed by atoms with E-state index in [0.29, 0.717) is 97.5 Å². The van der Waals surface area contributed by atoms with Crippen molar-refractivity contribution in [3.05, 3.63) is 99.9 Å². The van der Waals surface area contributed by atoms with Gasteiger partial charge < -0.3 is 53.7 Å². The zero-order valence-corrected chi connectivity index (χ0v) is 51.9. The Kier molecular flexibility index (Phi) is 25.2. The molecule has 0 bridgehead atoms. The number of ether oxygens (including phenoxy) is 6. The van der Waals surface area contributed by atoms with E-state index in [0.717, 1.165) is 30.4 Å². The first-order valence-corrected chi connectivity index (χ1v) is 31.7. The average molecular weight is 1150 g/mol. The van der Waals surface area contributed by atoms with E-state index in [1.165, 1.54) is 7.11 Å². The highest BCUT2D eigenvalue weighted by molar-refractivity contribution is 6.74. The summed E-state index contributed by atoms with van der Waals surface area (Å²) in [5, 5.41) is 5.53. The number of carbonyl (C=O) groups excluding carboxylic acids is 6. The molecule has 4 N–H and O–H groups in total. The summed E-state index contributed by atoms with van der Waals surface area (Å²) < 4.78 is 40.7. The summed E-state index contributed by atoms with van der Waals surface area (Å²) in [6.45, 7) is 24.5. The van der Waals surface area contributed by atoms with Gasteiger partial charge in [0.15, 0.2) is 25.6 Å². The highest BCUT2D eigenvalue weighted by atomic mass is 28.4. The number of amides is 4. The lowest BCUT2D eigenvalue weighted by Crippen LogP contribution is -2.45. The first-order valence-electron chi connectivity index (χ1n) is 28.8. The summed E-state index contributed by atoms with van der Waals surface area (Å²) >= 11 is 0. The van der Waals surface area contributed by atoms with E-state index < -0.39 is 20.3 Å². The van der Waals surface area contributed by atoms with Gasteiger partial charge in [-0.2, -0.15) is 0 Å². The van der Waals surface area contributed by atoms with Crippen molar-refractivity contribution in [3.8, 4) is 17.2 Å². The number of hydrogen-bond acceptors (Lipinski definition) is 14. The summed E-state index contributed by atoms with van der Waals surface area (Å²) in [6.07, 6.45) is 7.72. The second-order valence-corrected chi connectivity index (χ2v) is 28.3. The van der Waals surface area contributed by atoms with E-state index >= 15 is 0 Å². The number of methoxy groups -OCH3 is 2. The lowest BCUT2D eigenvalue weighted by molar-refractivity contribution is -0.132. The molecule has 5 rings (SSSR count). The summed E-state index contributed by atoms with van der Waals surface area (Å²) in [4.78, 5) is 83.9. The molecule has 0 radical (unpaired) electrons. The van der Waals surface area contributed by atoms with E-state index in [-0.39, 0.29) is 103 Å². The van der Waals surface area contributed by atoms with Crippen LogP contribution in [0.1, 0.15) is 144 Å². The molecule has 2 aliphatic heterocycles. The van der Waals surface area contributed by atoms with Crippen molar-refractivity contribution in [3.63, 3.8) is 0 Å². The van der Waals surface area contributed by atoms with Gasteiger partial charge in [-0.15, -0.1) is 0 Å². The Morgan fingerprint density at radius 1 is 0.744 bits per heavy atom. The fourth-order valence-corrected chi connectivity index (χ4v) is 10.5. The standard InChI is InChI=1S/C63H91N5O13Si/c1-14-47-28-42(4)37-67(47)60(72)52-33-57(76-11)58(34-54(52)64)79-24-17-15-16-23-78-56-35-55(53(30-44(56)6)61(73)68-38-43(5)29-48(68)40-81-82(12,13)63(7,8)9)66-62(74)80-39-46-20-18-45(19-21-46)31-50(70)36-65-59(71)51(41(2)3)32-49(69)22-25-77-27-26-75-10/h18-21,30,33-35,37-38,41,47-48,51H,14-17,22-29,31-32,36,39-40,64H2,1-13H3,(H,65,71)(H,66,74)/t47-,48+,51+/m1/s1. The third kappa shape index (κ3) is 19.3. The van der Waals surface area contributed by atoms with Crippen LogP contribution in [0.2, 0.25) is 18.1 Å². The summed E-state index contributed by atoms with van der Waals surface area (Å²) in [5.41, 5.74) is 11.8. The molecule has 4 amide bonds. The zero-order valence-electron chi connectivity index (χ0n) is 50.9. The van der Waals surface area contributed by atoms with Gasteiger partial charge in [-0.05, 0) is 112 Å². The van der Waals surface area contributed by atoms with Crippen molar-refractivity contribution in [2.45, 2.75) is 157 Å². The van der Waals surface area contributed by atoms with Crippen LogP contribution in [-0.4, -0.2) is 126 Å². The van der Waals surface area contributed by atoms with Crippen LogP contribution in [-0.2, 0) is 46.0 Å². The Morgan fingerprint density at radius 2 is 1.37 bits per heavy atom. The first-order chi connectivity index (χ1) is 38.9. The topological polar surface area (TPSA) is 224 Å². The fourth-order valence-electron chi connectivity index (χ4n) is 9.43. The number of nitrogen functional groups attached to an aromatic ring is 1. The number of unbranched alkanes of at least 4 members (excludes halogenated alkanes) is 2. The summed E-state index contributed by atoms with van der Waals surface area (Å²) in [5.74, 6) is -0.431. The Morgan fingerprint density at radius 3 is 1.99 bits per heavy atom. The van der Waals surface area contributed by atoms with Gasteiger partial charge in [-0.3, -0.25) is 29.3 Å². The van der Waals surface area contributed by atoms with Crippen LogP contribution >= 0.6 is 0 Å². The number of hydrogen-bond donors (Lipinski definition) is 3. The molecule has 2 aliphatic rings. The minimum Gasteiger partial charge on any atom is -0.493 e. The van der Waals surface area contributed by atoms with Crippen LogP contribution in [0.5, 0.6) is 17.2 Å². The first kappa shape index (κ1) is 66.3. The van der Waals surface area contributed by atoms with Gasteiger partial charge in [-0.1, -0.05) is 77.0 Å². The molecule has 19 heteroatoms. The van der Waals surface area contributed by atoms with Crippen molar-refractivity contribution >= 4 is 55.1 Å². The van der Waals surface area contributed by atoms with E-state index in [2.05, 4.69) is 51.4 Å². The van der Waals surface area contributed by atoms with Gasteiger partial charge in [0.1, 0.15) is 18.1 Å². The van der Waals surface area contributed by atoms with Gasteiger partial charge in [0, 0.05) is 68.6 Å². The van der Waals surface area contributed by atoms with E-state index in [4.69, 9.17) is 38.6 Å². The molecule has 450 valence electrons. The lowest BCUT2D eigenvalue weighted by atomic mass is 9.89. The van der Waals surface area contributed by atoms with Crippen LogP contribution in [0.15, 0.2) is 72.1 Å². The number of nitrogens with zero attached hydrogens (tertiary/aromatic N) is 2.